The number of aliphatic hydroxyl groups excluding tert-OH is 1. The van der Waals surface area contributed by atoms with Gasteiger partial charge in [-0.3, -0.25) is 0 Å². The van der Waals surface area contributed by atoms with Crippen LogP contribution in [0.2, 0.25) is 0 Å². The normalized spacial score (nSPS) is 11.1. The minimum atomic E-state index is 0. The zero-order valence-corrected chi connectivity index (χ0v) is 13.4. The summed E-state index contributed by atoms with van der Waals surface area (Å²) < 4.78 is 11.2. The van der Waals surface area contributed by atoms with Crippen LogP contribution in [-0.4, -0.2) is 31.0 Å². The van der Waals surface area contributed by atoms with E-state index >= 15 is 0 Å². The number of hydrogen-bond acceptors (Lipinski definition) is 4. The summed E-state index contributed by atoms with van der Waals surface area (Å²) in [5.74, 6) is 3.83. The highest BCUT2D eigenvalue weighted by Gasteiger charge is 2.12. The number of aliphatic hydroxyl groups is 1. The average molecular weight is 314 g/mol. The minimum absolute atomic E-state index is 0. The first kappa shape index (κ1) is 19.6. The van der Waals surface area contributed by atoms with E-state index in [1.54, 1.807) is 0 Å². The number of para-hydroxylation sites is 1. The maximum absolute atomic E-state index is 9.21. The number of terminal acetylenes is 1. The lowest BCUT2D eigenvalue weighted by atomic mass is 10.1. The third-order valence-corrected chi connectivity index (χ3v) is 2.95. The lowest BCUT2D eigenvalue weighted by Gasteiger charge is -2.18. The number of ether oxygens (including phenoxy) is 2. The molecule has 0 spiro atoms. The molecule has 1 unspecified atom stereocenters. The lowest BCUT2D eigenvalue weighted by Crippen LogP contribution is -2.31. The van der Waals surface area contributed by atoms with E-state index in [4.69, 9.17) is 15.9 Å². The zero-order valence-electron chi connectivity index (χ0n) is 12.6. The molecule has 4 nitrogen and oxygen atoms in total. The molecule has 1 rings (SSSR count). The van der Waals surface area contributed by atoms with E-state index in [1.165, 1.54) is 0 Å². The summed E-state index contributed by atoms with van der Waals surface area (Å²) >= 11 is 0. The van der Waals surface area contributed by atoms with Crippen molar-refractivity contribution in [2.24, 2.45) is 0 Å². The summed E-state index contributed by atoms with van der Waals surface area (Å²) in [5.41, 5.74) is 0.970. The molecule has 2 N–H and O–H groups in total. The van der Waals surface area contributed by atoms with Gasteiger partial charge in [0, 0.05) is 18.2 Å². The first-order valence-electron chi connectivity index (χ1n) is 6.91. The van der Waals surface area contributed by atoms with E-state index in [0.29, 0.717) is 24.7 Å². The summed E-state index contributed by atoms with van der Waals surface area (Å²) in [6.07, 6.45) is 6.11. The maximum Gasteiger partial charge on any atom is 0.167 e. The number of benzene rings is 1. The molecule has 0 fully saturated rings. The number of halogens is 1. The largest absolute Gasteiger partial charge is 0.490 e. The van der Waals surface area contributed by atoms with Crippen molar-refractivity contribution in [2.75, 3.05) is 19.8 Å². The molecule has 0 aromatic heterocycles. The van der Waals surface area contributed by atoms with Gasteiger partial charge in [0.25, 0.3) is 0 Å². The summed E-state index contributed by atoms with van der Waals surface area (Å²) in [5, 5.41) is 12.5. The third-order valence-electron chi connectivity index (χ3n) is 2.95. The van der Waals surface area contributed by atoms with Crippen molar-refractivity contribution >= 4 is 12.4 Å². The summed E-state index contributed by atoms with van der Waals surface area (Å²) in [4.78, 5) is 0. The fraction of sp³-hybridized carbons (Fsp3) is 0.500. The summed E-state index contributed by atoms with van der Waals surface area (Å²) in [6, 6.07) is 5.82. The molecule has 5 heteroatoms. The molecular weight excluding hydrogens is 290 g/mol. The molecule has 0 amide bonds. The Hall–Kier alpha value is -1.41. The molecule has 0 aliphatic carbocycles. The molecule has 1 aromatic rings. The van der Waals surface area contributed by atoms with Crippen LogP contribution in [0.25, 0.3) is 0 Å². The van der Waals surface area contributed by atoms with E-state index in [-0.39, 0.29) is 31.7 Å². The Kier molecular flexibility index (Phi) is 10.5. The highest BCUT2D eigenvalue weighted by Crippen LogP contribution is 2.31. The van der Waals surface area contributed by atoms with Gasteiger partial charge in [-0.15, -0.1) is 18.8 Å². The van der Waals surface area contributed by atoms with E-state index < -0.39 is 0 Å². The number of nitrogens with one attached hydrogen (secondary N) is 1. The van der Waals surface area contributed by atoms with Crippen LogP contribution in [0.5, 0.6) is 11.5 Å². The third kappa shape index (κ3) is 6.26. The monoisotopic (exact) mass is 313 g/mol. The molecule has 0 heterocycles. The molecule has 0 bridgehead atoms. The van der Waals surface area contributed by atoms with Gasteiger partial charge in [0.2, 0.25) is 0 Å². The molecule has 0 saturated heterocycles. The maximum atomic E-state index is 9.21. The highest BCUT2D eigenvalue weighted by atomic mass is 35.5. The smallest absolute Gasteiger partial charge is 0.167 e. The van der Waals surface area contributed by atoms with Crippen molar-refractivity contribution in [3.63, 3.8) is 0 Å². The van der Waals surface area contributed by atoms with Gasteiger partial charge in [-0.2, -0.15) is 0 Å². The summed E-state index contributed by atoms with van der Waals surface area (Å²) in [6.45, 7) is 5.43. The van der Waals surface area contributed by atoms with Crippen LogP contribution in [-0.2, 0) is 6.54 Å². The number of rotatable bonds is 9. The Morgan fingerprint density at radius 1 is 1.33 bits per heavy atom. The molecule has 0 aliphatic rings. The zero-order chi connectivity index (χ0) is 14.8. The Bertz CT molecular complexity index is 442. The van der Waals surface area contributed by atoms with Crippen LogP contribution in [0, 0.1) is 12.3 Å². The van der Waals surface area contributed by atoms with Gasteiger partial charge >= 0.3 is 0 Å². The predicted molar refractivity (Wildman–Crippen MR) is 87.2 cm³/mol. The van der Waals surface area contributed by atoms with Gasteiger partial charge in [0.1, 0.15) is 6.61 Å². The minimum Gasteiger partial charge on any atom is -0.490 e. The molecule has 1 atom stereocenters. The molecule has 1 aromatic carbocycles. The Balaban J connectivity index is 0.00000400. The fourth-order valence-corrected chi connectivity index (χ4v) is 1.84. The Morgan fingerprint density at radius 3 is 2.67 bits per heavy atom. The quantitative estimate of drug-likeness (QED) is 0.687. The Morgan fingerprint density at radius 2 is 2.10 bits per heavy atom. The van der Waals surface area contributed by atoms with Crippen LogP contribution < -0.4 is 14.8 Å². The molecule has 21 heavy (non-hydrogen) atoms. The van der Waals surface area contributed by atoms with Crippen LogP contribution in [0.15, 0.2) is 18.2 Å². The van der Waals surface area contributed by atoms with Gasteiger partial charge in [-0.25, -0.2) is 0 Å². The average Bonchev–Trinajstić information content (AvgIpc) is 2.47. The van der Waals surface area contributed by atoms with Crippen molar-refractivity contribution in [3.8, 4) is 23.8 Å². The van der Waals surface area contributed by atoms with Crippen LogP contribution >= 0.6 is 12.4 Å². The summed E-state index contributed by atoms with van der Waals surface area (Å²) in [7, 11) is 0. The number of hydrogen-bond donors (Lipinski definition) is 2. The van der Waals surface area contributed by atoms with Crippen LogP contribution in [0.3, 0.4) is 0 Å². The molecule has 0 aliphatic heterocycles. The van der Waals surface area contributed by atoms with E-state index in [2.05, 4.69) is 11.2 Å². The van der Waals surface area contributed by atoms with Crippen molar-refractivity contribution < 1.29 is 14.6 Å². The molecular formula is C16H24ClNO3. The van der Waals surface area contributed by atoms with Crippen molar-refractivity contribution in [1.82, 2.24) is 5.32 Å². The fourth-order valence-electron chi connectivity index (χ4n) is 1.84. The van der Waals surface area contributed by atoms with Gasteiger partial charge in [0.05, 0.1) is 13.2 Å². The van der Waals surface area contributed by atoms with Crippen LogP contribution in [0.1, 0.15) is 25.8 Å². The molecule has 0 radical (unpaired) electrons. The van der Waals surface area contributed by atoms with Crippen LogP contribution in [0.4, 0.5) is 0 Å². The first-order valence-corrected chi connectivity index (χ1v) is 6.91. The Labute approximate surface area is 133 Å². The highest BCUT2D eigenvalue weighted by molar-refractivity contribution is 5.85. The second-order valence-electron chi connectivity index (χ2n) is 4.34. The second-order valence-corrected chi connectivity index (χ2v) is 4.34. The molecule has 118 valence electrons. The van der Waals surface area contributed by atoms with Crippen molar-refractivity contribution in [1.29, 1.82) is 0 Å². The molecule has 0 saturated carbocycles. The SMILES string of the molecule is C#CCOc1c(CNC(CC)CO)cccc1OCC.Cl. The second kappa shape index (κ2) is 11.3. The van der Waals surface area contributed by atoms with Gasteiger partial charge in [-0.1, -0.05) is 25.0 Å². The van der Waals surface area contributed by atoms with Gasteiger partial charge < -0.3 is 19.9 Å². The van der Waals surface area contributed by atoms with Gasteiger partial charge in [0.15, 0.2) is 11.5 Å². The topological polar surface area (TPSA) is 50.7 Å². The van der Waals surface area contributed by atoms with Crippen molar-refractivity contribution in [2.45, 2.75) is 32.9 Å². The predicted octanol–water partition coefficient (Wildman–Crippen LogP) is 2.38. The lowest BCUT2D eigenvalue weighted by molar-refractivity contribution is 0.237. The van der Waals surface area contributed by atoms with E-state index in [0.717, 1.165) is 12.0 Å². The first-order chi connectivity index (χ1) is 9.76. The van der Waals surface area contributed by atoms with Crippen molar-refractivity contribution in [3.05, 3.63) is 23.8 Å². The standard InChI is InChI=1S/C16H23NO3.ClH/c1-4-10-20-16-13(11-17-14(5-2)12-18)8-7-9-15(16)19-6-3;/h1,7-9,14,17-18H,5-6,10-12H2,2-3H3;1H. The van der Waals surface area contributed by atoms with E-state index in [1.807, 2.05) is 32.0 Å². The van der Waals surface area contributed by atoms with Gasteiger partial charge in [-0.05, 0) is 19.4 Å². The van der Waals surface area contributed by atoms with E-state index in [9.17, 15) is 5.11 Å².